The molecule has 1 fully saturated rings. The quantitative estimate of drug-likeness (QED) is 0.869. The van der Waals surface area contributed by atoms with E-state index in [0.717, 1.165) is 37.2 Å². The van der Waals surface area contributed by atoms with Gasteiger partial charge in [-0.1, -0.05) is 26.2 Å². The van der Waals surface area contributed by atoms with Gasteiger partial charge in [0.15, 0.2) is 0 Å². The van der Waals surface area contributed by atoms with Crippen molar-refractivity contribution in [3.05, 3.63) is 17.5 Å². The molecular formula is C15H27N3. The summed E-state index contributed by atoms with van der Waals surface area (Å²) in [6, 6.07) is 2.20. The van der Waals surface area contributed by atoms with Gasteiger partial charge in [-0.15, -0.1) is 0 Å². The third-order valence-electron chi connectivity index (χ3n) is 4.29. The first-order valence-electron chi connectivity index (χ1n) is 7.44. The van der Waals surface area contributed by atoms with Crippen LogP contribution in [0, 0.1) is 18.8 Å². The maximum atomic E-state index is 4.49. The molecule has 1 aliphatic carbocycles. The van der Waals surface area contributed by atoms with E-state index in [1.807, 2.05) is 0 Å². The summed E-state index contributed by atoms with van der Waals surface area (Å²) in [4.78, 5) is 0. The van der Waals surface area contributed by atoms with Crippen molar-refractivity contribution in [3.8, 4) is 0 Å². The van der Waals surface area contributed by atoms with Crippen molar-refractivity contribution in [2.24, 2.45) is 11.8 Å². The molecular weight excluding hydrogens is 222 g/mol. The molecule has 18 heavy (non-hydrogen) atoms. The van der Waals surface area contributed by atoms with Crippen LogP contribution in [-0.4, -0.2) is 16.3 Å². The van der Waals surface area contributed by atoms with Crippen LogP contribution in [0.3, 0.4) is 0 Å². The first-order valence-corrected chi connectivity index (χ1v) is 7.44. The van der Waals surface area contributed by atoms with Crippen LogP contribution in [0.15, 0.2) is 6.07 Å². The summed E-state index contributed by atoms with van der Waals surface area (Å²) in [7, 11) is 0. The van der Waals surface area contributed by atoms with E-state index in [0.29, 0.717) is 0 Å². The molecule has 2 atom stereocenters. The minimum absolute atomic E-state index is 0.873. The van der Waals surface area contributed by atoms with E-state index >= 15 is 0 Å². The van der Waals surface area contributed by atoms with Crippen LogP contribution in [0.5, 0.6) is 0 Å². The zero-order valence-electron chi connectivity index (χ0n) is 12.1. The Hall–Kier alpha value is -0.830. The van der Waals surface area contributed by atoms with Crippen molar-refractivity contribution >= 4 is 0 Å². The molecule has 1 aromatic heterocycles. The van der Waals surface area contributed by atoms with Gasteiger partial charge < -0.3 is 5.32 Å². The Balaban J connectivity index is 1.80. The van der Waals surface area contributed by atoms with Gasteiger partial charge in [0.1, 0.15) is 0 Å². The minimum Gasteiger partial charge on any atom is -0.311 e. The third kappa shape index (κ3) is 3.35. The van der Waals surface area contributed by atoms with Crippen LogP contribution >= 0.6 is 0 Å². The van der Waals surface area contributed by atoms with E-state index in [1.54, 1.807) is 0 Å². The zero-order chi connectivity index (χ0) is 13.0. The lowest BCUT2D eigenvalue weighted by molar-refractivity contribution is 0.247. The topological polar surface area (TPSA) is 29.9 Å². The van der Waals surface area contributed by atoms with E-state index in [9.17, 15) is 0 Å². The number of hydrogen-bond acceptors (Lipinski definition) is 2. The Morgan fingerprint density at radius 3 is 2.89 bits per heavy atom. The molecule has 0 aliphatic heterocycles. The van der Waals surface area contributed by atoms with E-state index in [4.69, 9.17) is 0 Å². The molecule has 1 N–H and O–H groups in total. The Labute approximate surface area is 111 Å². The number of nitrogens with zero attached hydrogens (tertiary/aromatic N) is 2. The summed E-state index contributed by atoms with van der Waals surface area (Å²) in [6.07, 6.45) is 5.67. The molecule has 0 bridgehead atoms. The van der Waals surface area contributed by atoms with Crippen molar-refractivity contribution in [1.29, 1.82) is 0 Å². The number of nitrogens with one attached hydrogen (secondary N) is 1. The van der Waals surface area contributed by atoms with Crippen molar-refractivity contribution in [2.45, 2.75) is 59.5 Å². The largest absolute Gasteiger partial charge is 0.311 e. The SMILES string of the molecule is CCn1nc(C)cc1CNCC1CCCCC1C. The van der Waals surface area contributed by atoms with Gasteiger partial charge >= 0.3 is 0 Å². The van der Waals surface area contributed by atoms with Gasteiger partial charge in [0, 0.05) is 13.1 Å². The van der Waals surface area contributed by atoms with E-state index in [2.05, 4.69) is 41.9 Å². The first-order chi connectivity index (χ1) is 8.70. The summed E-state index contributed by atoms with van der Waals surface area (Å²) >= 11 is 0. The van der Waals surface area contributed by atoms with E-state index in [-0.39, 0.29) is 0 Å². The van der Waals surface area contributed by atoms with Crippen molar-refractivity contribution in [1.82, 2.24) is 15.1 Å². The highest BCUT2D eigenvalue weighted by Crippen LogP contribution is 2.28. The minimum atomic E-state index is 0.873. The molecule has 0 spiro atoms. The fourth-order valence-electron chi connectivity index (χ4n) is 3.10. The standard InChI is InChI=1S/C15H27N3/c1-4-18-15(9-13(3)17-18)11-16-10-14-8-6-5-7-12(14)2/h9,12,14,16H,4-8,10-11H2,1-3H3. The monoisotopic (exact) mass is 249 g/mol. The Morgan fingerprint density at radius 1 is 1.39 bits per heavy atom. The maximum absolute atomic E-state index is 4.49. The van der Waals surface area contributed by atoms with Crippen LogP contribution in [0.4, 0.5) is 0 Å². The fourth-order valence-corrected chi connectivity index (χ4v) is 3.10. The summed E-state index contributed by atoms with van der Waals surface area (Å²) in [5, 5.41) is 8.12. The highest BCUT2D eigenvalue weighted by molar-refractivity contribution is 5.08. The second-order valence-corrected chi connectivity index (χ2v) is 5.75. The molecule has 1 aliphatic rings. The smallest absolute Gasteiger partial charge is 0.0597 e. The van der Waals surface area contributed by atoms with Gasteiger partial charge in [0.2, 0.25) is 0 Å². The number of rotatable bonds is 5. The highest BCUT2D eigenvalue weighted by atomic mass is 15.3. The van der Waals surface area contributed by atoms with Crippen LogP contribution in [0.25, 0.3) is 0 Å². The zero-order valence-corrected chi connectivity index (χ0v) is 12.1. The van der Waals surface area contributed by atoms with Crippen LogP contribution in [-0.2, 0) is 13.1 Å². The lowest BCUT2D eigenvalue weighted by Gasteiger charge is -2.28. The second kappa shape index (κ2) is 6.37. The van der Waals surface area contributed by atoms with Gasteiger partial charge in [0.05, 0.1) is 11.4 Å². The molecule has 0 amide bonds. The highest BCUT2D eigenvalue weighted by Gasteiger charge is 2.20. The van der Waals surface area contributed by atoms with Gasteiger partial charge in [0.25, 0.3) is 0 Å². The molecule has 3 heteroatoms. The molecule has 0 saturated heterocycles. The van der Waals surface area contributed by atoms with Gasteiger partial charge in [-0.05, 0) is 44.7 Å². The molecule has 102 valence electrons. The van der Waals surface area contributed by atoms with Gasteiger partial charge in [-0.3, -0.25) is 4.68 Å². The van der Waals surface area contributed by atoms with Crippen LogP contribution < -0.4 is 5.32 Å². The van der Waals surface area contributed by atoms with Crippen LogP contribution in [0.1, 0.15) is 50.9 Å². The summed E-state index contributed by atoms with van der Waals surface area (Å²) in [5.74, 6) is 1.77. The predicted octanol–water partition coefficient (Wildman–Crippen LogP) is 3.13. The van der Waals surface area contributed by atoms with Crippen molar-refractivity contribution < 1.29 is 0 Å². The Kier molecular flexibility index (Phi) is 4.81. The number of hydrogen-bond donors (Lipinski definition) is 1. The molecule has 0 radical (unpaired) electrons. The van der Waals surface area contributed by atoms with Crippen molar-refractivity contribution in [2.75, 3.05) is 6.54 Å². The van der Waals surface area contributed by atoms with Crippen molar-refractivity contribution in [3.63, 3.8) is 0 Å². The molecule has 0 aromatic carbocycles. The summed E-state index contributed by atoms with van der Waals surface area (Å²) < 4.78 is 2.10. The lowest BCUT2D eigenvalue weighted by Crippen LogP contribution is -2.29. The number of aromatic nitrogens is 2. The van der Waals surface area contributed by atoms with E-state index in [1.165, 1.54) is 31.4 Å². The molecule has 2 rings (SSSR count). The third-order valence-corrected chi connectivity index (χ3v) is 4.29. The molecule has 1 aromatic rings. The summed E-state index contributed by atoms with van der Waals surface area (Å²) in [6.45, 7) is 9.71. The van der Waals surface area contributed by atoms with Crippen LogP contribution in [0.2, 0.25) is 0 Å². The van der Waals surface area contributed by atoms with Gasteiger partial charge in [-0.2, -0.15) is 5.10 Å². The average Bonchev–Trinajstić information content (AvgIpc) is 2.72. The maximum Gasteiger partial charge on any atom is 0.0597 e. The van der Waals surface area contributed by atoms with Gasteiger partial charge in [-0.25, -0.2) is 0 Å². The predicted molar refractivity (Wildman–Crippen MR) is 75.5 cm³/mol. The molecule has 3 nitrogen and oxygen atoms in total. The fraction of sp³-hybridized carbons (Fsp3) is 0.800. The molecule has 2 unspecified atom stereocenters. The molecule has 1 heterocycles. The first kappa shape index (κ1) is 13.6. The Morgan fingerprint density at radius 2 is 2.17 bits per heavy atom. The normalized spacial score (nSPS) is 24.4. The lowest BCUT2D eigenvalue weighted by atomic mass is 9.80. The summed E-state index contributed by atoms with van der Waals surface area (Å²) in [5.41, 5.74) is 2.44. The average molecular weight is 249 g/mol. The molecule has 1 saturated carbocycles. The van der Waals surface area contributed by atoms with E-state index < -0.39 is 0 Å². The Bertz CT molecular complexity index is 370. The second-order valence-electron chi connectivity index (χ2n) is 5.75. The number of aryl methyl sites for hydroxylation is 2.